The molecule has 0 radical (unpaired) electrons. The number of cyclic esters (lactones) is 1. The van der Waals surface area contributed by atoms with Crippen LogP contribution in [0.4, 0.5) is 10.5 Å². The van der Waals surface area contributed by atoms with Gasteiger partial charge < -0.3 is 15.0 Å². The highest BCUT2D eigenvalue weighted by atomic mass is 16.6. The third kappa shape index (κ3) is 2.86. The van der Waals surface area contributed by atoms with Gasteiger partial charge in [-0.1, -0.05) is 30.3 Å². The van der Waals surface area contributed by atoms with Crippen LogP contribution in [0.3, 0.4) is 0 Å². The molecule has 4 aliphatic rings. The Balaban J connectivity index is 1.22. The number of rotatable bonds is 5. The number of likely N-dealkylation sites (tertiary alicyclic amines) is 1. The standard InChI is InChI=1S/C26H24N4O4/c1-15(32)28-10-24-23-9-18-8-17(4-7-22(18)30(23)25(33)34-24)16-2-5-19(6-3-16)26(13-27)20-11-29(14-31)12-21(20)26/h2-8,14,20-21,23-24H,9-12H2,1H3,(H,28,32)/t20-,21+,23-,24-,26?/m0/s1. The lowest BCUT2D eigenvalue weighted by molar-refractivity contribution is -0.119. The molecule has 5 atom stereocenters. The van der Waals surface area contributed by atoms with Crippen LogP contribution >= 0.6 is 0 Å². The number of nitriles is 1. The van der Waals surface area contributed by atoms with Crippen molar-refractivity contribution >= 4 is 24.1 Å². The maximum absolute atomic E-state index is 12.5. The predicted molar refractivity (Wildman–Crippen MR) is 123 cm³/mol. The second-order valence-electron chi connectivity index (χ2n) is 9.67. The third-order valence-electron chi connectivity index (χ3n) is 7.97. The van der Waals surface area contributed by atoms with Crippen LogP contribution in [-0.4, -0.2) is 55.1 Å². The summed E-state index contributed by atoms with van der Waals surface area (Å²) >= 11 is 0. The first-order valence-corrected chi connectivity index (χ1v) is 11.5. The Hall–Kier alpha value is -3.86. The lowest BCUT2D eigenvalue weighted by atomic mass is 9.90. The van der Waals surface area contributed by atoms with Crippen molar-refractivity contribution < 1.29 is 19.1 Å². The molecule has 172 valence electrons. The fraction of sp³-hybridized carbons (Fsp3) is 0.385. The molecule has 1 aliphatic carbocycles. The van der Waals surface area contributed by atoms with Crippen LogP contribution in [0.2, 0.25) is 0 Å². The smallest absolute Gasteiger partial charge is 0.415 e. The second-order valence-corrected chi connectivity index (χ2v) is 9.67. The van der Waals surface area contributed by atoms with Gasteiger partial charge in [-0.05, 0) is 40.8 Å². The summed E-state index contributed by atoms with van der Waals surface area (Å²) in [4.78, 5) is 38.2. The van der Waals surface area contributed by atoms with E-state index < -0.39 is 5.41 Å². The molecule has 3 fully saturated rings. The number of carbonyl (C=O) groups is 3. The van der Waals surface area contributed by atoms with Crippen molar-refractivity contribution in [3.05, 3.63) is 53.6 Å². The van der Waals surface area contributed by atoms with Crippen LogP contribution in [0.5, 0.6) is 0 Å². The van der Waals surface area contributed by atoms with Crippen molar-refractivity contribution in [2.45, 2.75) is 30.9 Å². The van der Waals surface area contributed by atoms with Gasteiger partial charge in [0.1, 0.15) is 6.10 Å². The van der Waals surface area contributed by atoms with Crippen molar-refractivity contribution in [3.63, 3.8) is 0 Å². The number of ether oxygens (including phenoxy) is 1. The minimum Gasteiger partial charge on any atom is -0.442 e. The SMILES string of the molecule is CC(=O)NC[C@@H]1OC(=O)N2c3ccc(-c4ccc(C5(C#N)[C@@H]6CN(C=O)C[C@@H]65)cc4)cc3C[C@@H]12. The lowest BCUT2D eigenvalue weighted by Gasteiger charge is -2.19. The summed E-state index contributed by atoms with van der Waals surface area (Å²) in [6.07, 6.45) is 0.797. The van der Waals surface area contributed by atoms with Gasteiger partial charge in [0.25, 0.3) is 0 Å². The van der Waals surface area contributed by atoms with Gasteiger partial charge in [-0.25, -0.2) is 4.79 Å². The Labute approximate surface area is 197 Å². The lowest BCUT2D eigenvalue weighted by Crippen LogP contribution is -2.40. The molecule has 3 heterocycles. The molecule has 3 aliphatic heterocycles. The van der Waals surface area contributed by atoms with Crippen LogP contribution in [0, 0.1) is 23.2 Å². The normalized spacial score (nSPS) is 30.2. The van der Waals surface area contributed by atoms with Gasteiger partial charge in [-0.3, -0.25) is 14.5 Å². The van der Waals surface area contributed by atoms with Crippen LogP contribution in [0.1, 0.15) is 18.1 Å². The van der Waals surface area contributed by atoms with Crippen molar-refractivity contribution in [1.29, 1.82) is 5.26 Å². The topological polar surface area (TPSA) is 103 Å². The highest BCUT2D eigenvalue weighted by Crippen LogP contribution is 2.63. The molecule has 0 bridgehead atoms. The molecule has 1 unspecified atom stereocenters. The Morgan fingerprint density at radius 2 is 1.91 bits per heavy atom. The van der Waals surface area contributed by atoms with Gasteiger partial charge >= 0.3 is 6.09 Å². The number of fused-ring (bicyclic) bond motifs is 4. The van der Waals surface area contributed by atoms with Gasteiger partial charge in [0, 0.05) is 31.8 Å². The zero-order chi connectivity index (χ0) is 23.6. The molecule has 0 aromatic heterocycles. The number of piperidine rings is 1. The molecule has 8 nitrogen and oxygen atoms in total. The molecule has 3 amide bonds. The van der Waals surface area contributed by atoms with Gasteiger partial charge in [0.15, 0.2) is 0 Å². The summed E-state index contributed by atoms with van der Waals surface area (Å²) in [5.41, 5.74) is 4.57. The molecule has 2 aromatic carbocycles. The van der Waals surface area contributed by atoms with E-state index in [9.17, 15) is 19.6 Å². The number of hydrogen-bond acceptors (Lipinski definition) is 5. The highest BCUT2D eigenvalue weighted by Gasteiger charge is 2.69. The number of nitrogens with zero attached hydrogens (tertiary/aromatic N) is 3. The first-order valence-electron chi connectivity index (χ1n) is 11.5. The average molecular weight is 457 g/mol. The van der Waals surface area contributed by atoms with E-state index in [1.165, 1.54) is 6.92 Å². The number of benzene rings is 2. The van der Waals surface area contributed by atoms with E-state index in [4.69, 9.17) is 4.74 Å². The molecule has 0 spiro atoms. The Bertz CT molecular complexity index is 1240. The molecule has 34 heavy (non-hydrogen) atoms. The summed E-state index contributed by atoms with van der Waals surface area (Å²) in [5.74, 6) is 0.282. The third-order valence-corrected chi connectivity index (χ3v) is 7.97. The molecule has 6 rings (SSSR count). The fourth-order valence-corrected chi connectivity index (χ4v) is 6.22. The minimum absolute atomic E-state index is 0.123. The van der Waals surface area contributed by atoms with Gasteiger partial charge in [-0.15, -0.1) is 0 Å². The maximum Gasteiger partial charge on any atom is 0.415 e. The van der Waals surface area contributed by atoms with E-state index in [1.807, 2.05) is 36.4 Å². The van der Waals surface area contributed by atoms with Gasteiger partial charge in [0.2, 0.25) is 12.3 Å². The van der Waals surface area contributed by atoms with Crippen molar-refractivity contribution in [2.24, 2.45) is 11.8 Å². The second kappa shape index (κ2) is 7.32. The van der Waals surface area contributed by atoms with E-state index in [1.54, 1.807) is 9.80 Å². The summed E-state index contributed by atoms with van der Waals surface area (Å²) in [5, 5.41) is 12.7. The number of nitrogens with one attached hydrogen (secondary N) is 1. The first-order chi connectivity index (χ1) is 16.5. The zero-order valence-electron chi connectivity index (χ0n) is 18.7. The first kappa shape index (κ1) is 20.7. The van der Waals surface area contributed by atoms with Gasteiger partial charge in [0.05, 0.1) is 29.8 Å². The summed E-state index contributed by atoms with van der Waals surface area (Å²) in [6, 6.07) is 16.6. The molecular weight excluding hydrogens is 432 g/mol. The zero-order valence-corrected chi connectivity index (χ0v) is 18.7. The highest BCUT2D eigenvalue weighted by molar-refractivity contribution is 5.94. The van der Waals surface area contributed by atoms with Crippen molar-refractivity contribution in [3.8, 4) is 17.2 Å². The van der Waals surface area contributed by atoms with Crippen molar-refractivity contribution in [1.82, 2.24) is 10.2 Å². The fourth-order valence-electron chi connectivity index (χ4n) is 6.22. The maximum atomic E-state index is 12.5. The van der Waals surface area contributed by atoms with Crippen LogP contribution in [-0.2, 0) is 26.2 Å². The average Bonchev–Trinajstić information content (AvgIpc) is 3.20. The van der Waals surface area contributed by atoms with E-state index in [0.29, 0.717) is 26.1 Å². The van der Waals surface area contributed by atoms with E-state index in [2.05, 4.69) is 17.5 Å². The van der Waals surface area contributed by atoms with Crippen LogP contribution in [0.15, 0.2) is 42.5 Å². The van der Waals surface area contributed by atoms with Crippen LogP contribution in [0.25, 0.3) is 11.1 Å². The summed E-state index contributed by atoms with van der Waals surface area (Å²) < 4.78 is 5.48. The number of carbonyl (C=O) groups excluding carboxylic acids is 3. The molecule has 1 saturated carbocycles. The van der Waals surface area contributed by atoms with Crippen LogP contribution < -0.4 is 10.2 Å². The van der Waals surface area contributed by atoms with Gasteiger partial charge in [-0.2, -0.15) is 5.26 Å². The number of anilines is 1. The molecule has 2 saturated heterocycles. The quantitative estimate of drug-likeness (QED) is 0.695. The Kier molecular flexibility index (Phi) is 4.46. The van der Waals surface area contributed by atoms with E-state index in [-0.39, 0.29) is 36.0 Å². The molecule has 2 aromatic rings. The number of amides is 3. The number of hydrogen-bond donors (Lipinski definition) is 1. The Morgan fingerprint density at radius 3 is 2.56 bits per heavy atom. The minimum atomic E-state index is -0.482. The monoisotopic (exact) mass is 456 g/mol. The summed E-state index contributed by atoms with van der Waals surface area (Å²) in [7, 11) is 0. The Morgan fingerprint density at radius 1 is 1.21 bits per heavy atom. The molecule has 1 N–H and O–H groups in total. The molecule has 8 heteroatoms. The molecular formula is C26H24N4O4. The van der Waals surface area contributed by atoms with E-state index in [0.717, 1.165) is 34.4 Å². The predicted octanol–water partition coefficient (Wildman–Crippen LogP) is 2.22. The van der Waals surface area contributed by atoms with Crippen molar-refractivity contribution in [2.75, 3.05) is 24.5 Å². The van der Waals surface area contributed by atoms with E-state index >= 15 is 0 Å². The summed E-state index contributed by atoms with van der Waals surface area (Å²) in [6.45, 7) is 3.05. The largest absolute Gasteiger partial charge is 0.442 e.